The molecule has 0 bridgehead atoms. The van der Waals surface area contributed by atoms with Crippen molar-refractivity contribution in [2.45, 2.75) is 25.3 Å². The van der Waals surface area contributed by atoms with Crippen molar-refractivity contribution in [3.8, 4) is 22.8 Å². The summed E-state index contributed by atoms with van der Waals surface area (Å²) in [4.78, 5) is 36.1. The summed E-state index contributed by atoms with van der Waals surface area (Å²) in [6.07, 6.45) is 3.59. The maximum atomic E-state index is 13.2. The van der Waals surface area contributed by atoms with E-state index in [1.165, 1.54) is 6.33 Å². The van der Waals surface area contributed by atoms with E-state index in [2.05, 4.69) is 20.4 Å². The number of hydrogen-bond donors (Lipinski definition) is 2. The Balaban J connectivity index is 0.884. The molecule has 53 heavy (non-hydrogen) atoms. The van der Waals surface area contributed by atoms with Crippen LogP contribution < -0.4 is 20.8 Å². The fraction of sp³-hybridized carbons (Fsp3) is 0.297. The molecule has 2 aromatic heterocycles. The molecule has 1 saturated heterocycles. The quantitative estimate of drug-likeness (QED) is 0.151. The van der Waals surface area contributed by atoms with Crippen LogP contribution in [0.2, 0.25) is 10.0 Å². The number of amidine groups is 1. The van der Waals surface area contributed by atoms with Crippen molar-refractivity contribution in [2.75, 3.05) is 56.8 Å². The van der Waals surface area contributed by atoms with E-state index in [0.29, 0.717) is 70.2 Å². The van der Waals surface area contributed by atoms with Crippen molar-refractivity contribution < 1.29 is 23.8 Å². The van der Waals surface area contributed by atoms with E-state index in [-0.39, 0.29) is 44.3 Å². The normalized spacial score (nSPS) is 15.8. The molecule has 0 saturated carbocycles. The van der Waals surface area contributed by atoms with Gasteiger partial charge in [-0.1, -0.05) is 41.4 Å². The van der Waals surface area contributed by atoms with Gasteiger partial charge < -0.3 is 30.2 Å². The van der Waals surface area contributed by atoms with Crippen LogP contribution in [0.5, 0.6) is 11.5 Å². The molecule has 3 aromatic carbocycles. The maximum absolute atomic E-state index is 13.2. The number of hydrogen-bond acceptors (Lipinski definition) is 11. The standard InChI is InChI=1S/C37H37Cl2N9O5/c38-29-13-10-25(19-30(29)39)47-16-14-31(44-47)43-32(49)21-51-17-18-52-22-33(50)46-15-4-5-26(20-46)48-37-34(36(40)41-23-42-37)35(45-48)24-8-11-28(12-9-24)53-27-6-2-1-3-7-27/h1-3,6-13,19,23,26H,4-5,14-18,20-22H2,(H2,40,41,42)(H,43,44,49)/t26-/m1/s1. The number of carbonyl (C=O) groups is 2. The van der Waals surface area contributed by atoms with Gasteiger partial charge in [-0.3, -0.25) is 14.6 Å². The number of ether oxygens (including phenoxy) is 3. The van der Waals surface area contributed by atoms with Crippen LogP contribution in [0.25, 0.3) is 22.3 Å². The first-order chi connectivity index (χ1) is 25.8. The second kappa shape index (κ2) is 16.6. The number of amides is 2. The molecule has 0 unspecified atom stereocenters. The van der Waals surface area contributed by atoms with Gasteiger partial charge in [0.2, 0.25) is 5.91 Å². The third kappa shape index (κ3) is 8.69. The van der Waals surface area contributed by atoms with Crippen molar-refractivity contribution in [1.29, 1.82) is 0 Å². The number of para-hydroxylation sites is 1. The Kier molecular flexibility index (Phi) is 11.3. The number of rotatable bonds is 12. The first kappa shape index (κ1) is 36.1. The number of fused-ring (bicyclic) bond motifs is 1. The fourth-order valence-corrected chi connectivity index (χ4v) is 6.54. The van der Waals surface area contributed by atoms with Crippen LogP contribution in [0.15, 0.2) is 84.2 Å². The highest BCUT2D eigenvalue weighted by molar-refractivity contribution is 6.42. The van der Waals surface area contributed by atoms with Gasteiger partial charge in [-0.05, 0) is 67.4 Å². The van der Waals surface area contributed by atoms with E-state index in [9.17, 15) is 9.59 Å². The Morgan fingerprint density at radius 1 is 0.906 bits per heavy atom. The third-order valence-electron chi connectivity index (χ3n) is 8.84. The number of nitrogen functional groups attached to an aromatic ring is 1. The van der Waals surface area contributed by atoms with Gasteiger partial charge >= 0.3 is 0 Å². The van der Waals surface area contributed by atoms with E-state index in [1.807, 2.05) is 65.3 Å². The van der Waals surface area contributed by atoms with Crippen molar-refractivity contribution in [3.05, 3.63) is 89.2 Å². The SMILES string of the molecule is Nc1ncnc2c1c(-c1ccc(Oc3ccccc3)cc1)nn2[C@@H]1CCCN(C(=O)COCCOCC(=O)NC2=NN(c3ccc(Cl)c(Cl)c3)CC2)C1. The summed E-state index contributed by atoms with van der Waals surface area (Å²) < 4.78 is 18.9. The Morgan fingerprint density at radius 2 is 1.68 bits per heavy atom. The zero-order chi connectivity index (χ0) is 36.7. The second-order valence-corrected chi connectivity index (χ2v) is 13.3. The molecule has 16 heteroatoms. The summed E-state index contributed by atoms with van der Waals surface area (Å²) in [6.45, 7) is 1.66. The molecule has 14 nitrogen and oxygen atoms in total. The summed E-state index contributed by atoms with van der Waals surface area (Å²) in [5, 5.41) is 15.5. The number of carbonyl (C=O) groups excluding carboxylic acids is 2. The molecule has 5 aromatic rings. The molecule has 1 atom stereocenters. The molecule has 1 fully saturated rings. The first-order valence-corrected chi connectivity index (χ1v) is 17.9. The molecule has 7 rings (SSSR count). The van der Waals surface area contributed by atoms with Crippen LogP contribution in [-0.2, 0) is 19.1 Å². The van der Waals surface area contributed by atoms with Crippen LogP contribution in [0.4, 0.5) is 11.5 Å². The Morgan fingerprint density at radius 3 is 2.47 bits per heavy atom. The summed E-state index contributed by atoms with van der Waals surface area (Å²) in [5.74, 6) is 1.83. The summed E-state index contributed by atoms with van der Waals surface area (Å²) in [7, 11) is 0. The third-order valence-corrected chi connectivity index (χ3v) is 9.58. The van der Waals surface area contributed by atoms with Crippen LogP contribution in [0.1, 0.15) is 25.3 Å². The molecule has 4 heterocycles. The van der Waals surface area contributed by atoms with Crippen molar-refractivity contribution in [3.63, 3.8) is 0 Å². The van der Waals surface area contributed by atoms with E-state index in [0.717, 1.165) is 29.8 Å². The average Bonchev–Trinajstić information content (AvgIpc) is 3.81. The lowest BCUT2D eigenvalue weighted by molar-refractivity contribution is -0.138. The van der Waals surface area contributed by atoms with E-state index < -0.39 is 0 Å². The number of nitrogens with two attached hydrogens (primary N) is 1. The number of piperidine rings is 1. The van der Waals surface area contributed by atoms with Crippen LogP contribution in [-0.4, -0.2) is 88.4 Å². The van der Waals surface area contributed by atoms with Gasteiger partial charge in [-0.15, -0.1) is 0 Å². The number of anilines is 2. The number of nitrogens with one attached hydrogen (secondary N) is 1. The molecular weight excluding hydrogens is 721 g/mol. The topological polar surface area (TPSA) is 162 Å². The minimum Gasteiger partial charge on any atom is -0.457 e. The lowest BCUT2D eigenvalue weighted by Crippen LogP contribution is -2.42. The van der Waals surface area contributed by atoms with Gasteiger partial charge in [-0.2, -0.15) is 10.2 Å². The number of benzene rings is 3. The highest BCUT2D eigenvalue weighted by Gasteiger charge is 2.29. The van der Waals surface area contributed by atoms with Crippen LogP contribution >= 0.6 is 23.2 Å². The molecule has 0 spiro atoms. The fourth-order valence-electron chi connectivity index (χ4n) is 6.25. The predicted molar refractivity (Wildman–Crippen MR) is 202 cm³/mol. The van der Waals surface area contributed by atoms with Crippen LogP contribution in [0.3, 0.4) is 0 Å². The largest absolute Gasteiger partial charge is 0.457 e. The highest BCUT2D eigenvalue weighted by atomic mass is 35.5. The number of aromatic nitrogens is 4. The van der Waals surface area contributed by atoms with Gasteiger partial charge in [-0.25, -0.2) is 14.6 Å². The molecular formula is C37H37Cl2N9O5. The lowest BCUT2D eigenvalue weighted by atomic mass is 10.1. The number of likely N-dealkylation sites (tertiary alicyclic amines) is 1. The van der Waals surface area contributed by atoms with Gasteiger partial charge in [0.15, 0.2) is 5.65 Å². The minimum atomic E-state index is -0.328. The van der Waals surface area contributed by atoms with E-state index >= 15 is 0 Å². The summed E-state index contributed by atoms with van der Waals surface area (Å²) >= 11 is 12.1. The number of hydrazone groups is 1. The first-order valence-electron chi connectivity index (χ1n) is 17.2. The molecule has 0 aliphatic carbocycles. The van der Waals surface area contributed by atoms with Gasteiger partial charge in [0.25, 0.3) is 5.91 Å². The summed E-state index contributed by atoms with van der Waals surface area (Å²) in [6, 6.07) is 22.3. The van der Waals surface area contributed by atoms with Gasteiger partial charge in [0.1, 0.15) is 48.4 Å². The van der Waals surface area contributed by atoms with Crippen molar-refractivity contribution >= 4 is 63.4 Å². The Bertz CT molecular complexity index is 2110. The van der Waals surface area contributed by atoms with Gasteiger partial charge in [0.05, 0.1) is 40.4 Å². The van der Waals surface area contributed by atoms with Crippen molar-refractivity contribution in [1.82, 2.24) is 30.0 Å². The monoisotopic (exact) mass is 757 g/mol. The Labute approximate surface area is 315 Å². The average molecular weight is 759 g/mol. The zero-order valence-corrected chi connectivity index (χ0v) is 30.2. The lowest BCUT2D eigenvalue weighted by Gasteiger charge is -2.33. The van der Waals surface area contributed by atoms with E-state index in [1.54, 1.807) is 22.0 Å². The zero-order valence-electron chi connectivity index (χ0n) is 28.7. The van der Waals surface area contributed by atoms with Gasteiger partial charge in [0, 0.05) is 31.6 Å². The van der Waals surface area contributed by atoms with E-state index in [4.69, 9.17) is 48.2 Å². The maximum Gasteiger partial charge on any atom is 0.251 e. The highest BCUT2D eigenvalue weighted by Crippen LogP contribution is 2.35. The molecule has 0 radical (unpaired) electrons. The molecule has 2 amide bonds. The molecule has 2 aliphatic rings. The molecule has 274 valence electrons. The Hall–Kier alpha value is -5.28. The molecule has 2 aliphatic heterocycles. The smallest absolute Gasteiger partial charge is 0.251 e. The summed E-state index contributed by atoms with van der Waals surface area (Å²) in [5.41, 5.74) is 9.25. The van der Waals surface area contributed by atoms with Crippen molar-refractivity contribution in [2.24, 2.45) is 5.10 Å². The number of nitrogens with zero attached hydrogens (tertiary/aromatic N) is 7. The second-order valence-electron chi connectivity index (χ2n) is 12.5. The minimum absolute atomic E-state index is 0.110. The predicted octanol–water partition coefficient (Wildman–Crippen LogP) is 5.71. The molecule has 3 N–H and O–H groups in total. The van der Waals surface area contributed by atoms with Crippen LogP contribution in [0, 0.1) is 0 Å². The number of halogens is 2.